The maximum atomic E-state index is 13.9. The predicted molar refractivity (Wildman–Crippen MR) is 129 cm³/mol. The minimum absolute atomic E-state index is 0.133. The van der Waals surface area contributed by atoms with Crippen molar-refractivity contribution in [2.45, 2.75) is 44.6 Å². The van der Waals surface area contributed by atoms with Gasteiger partial charge in [-0.25, -0.2) is 19.3 Å². The van der Waals surface area contributed by atoms with E-state index in [0.717, 1.165) is 69.3 Å². The van der Waals surface area contributed by atoms with Gasteiger partial charge < -0.3 is 24.8 Å². The molecule has 1 unspecified atom stereocenters. The first-order valence-electron chi connectivity index (χ1n) is 12.4. The molecule has 37 heavy (non-hydrogen) atoms. The molecule has 0 amide bonds. The van der Waals surface area contributed by atoms with Gasteiger partial charge in [0, 0.05) is 56.3 Å². The maximum absolute atomic E-state index is 13.9. The van der Waals surface area contributed by atoms with Crippen LogP contribution in [0.25, 0.3) is 11.3 Å². The van der Waals surface area contributed by atoms with E-state index >= 15 is 0 Å². The molecule has 2 aromatic heterocycles. The highest BCUT2D eigenvalue weighted by atomic mass is 19.4. The van der Waals surface area contributed by atoms with E-state index in [0.29, 0.717) is 23.2 Å². The molecule has 8 nitrogen and oxygen atoms in total. The van der Waals surface area contributed by atoms with Gasteiger partial charge in [-0.1, -0.05) is 0 Å². The van der Waals surface area contributed by atoms with Crippen LogP contribution in [-0.2, 0) is 12.7 Å². The average Bonchev–Trinajstić information content (AvgIpc) is 3.44. The fourth-order valence-corrected chi connectivity index (χ4v) is 5.25. The minimum Gasteiger partial charge on any atom is -0.463 e. The zero-order valence-electron chi connectivity index (χ0n) is 20.2. The molecule has 1 atom stereocenters. The zero-order valence-corrected chi connectivity index (χ0v) is 20.2. The highest BCUT2D eigenvalue weighted by Crippen LogP contribution is 2.40. The number of ether oxygens (including phenoxy) is 1. The Morgan fingerprint density at radius 2 is 1.92 bits per heavy atom. The number of hydrogen-bond acceptors (Lipinski definition) is 7. The van der Waals surface area contributed by atoms with Crippen LogP contribution < -0.4 is 20.3 Å². The monoisotopic (exact) mass is 517 g/mol. The van der Waals surface area contributed by atoms with Gasteiger partial charge in [-0.2, -0.15) is 13.2 Å². The first kappa shape index (κ1) is 24.0. The Balaban J connectivity index is 1.26. The van der Waals surface area contributed by atoms with E-state index in [4.69, 9.17) is 9.72 Å². The zero-order chi connectivity index (χ0) is 25.7. The molecule has 2 N–H and O–H groups in total. The summed E-state index contributed by atoms with van der Waals surface area (Å²) in [5.74, 6) is 2.25. The lowest BCUT2D eigenvalue weighted by Gasteiger charge is -2.34. The summed E-state index contributed by atoms with van der Waals surface area (Å²) < 4.78 is 61.8. The summed E-state index contributed by atoms with van der Waals surface area (Å²) in [6.45, 7) is 5.89. The van der Waals surface area contributed by atoms with Crippen molar-refractivity contribution in [1.82, 2.24) is 24.8 Å². The van der Waals surface area contributed by atoms with E-state index in [1.165, 1.54) is 12.4 Å². The summed E-state index contributed by atoms with van der Waals surface area (Å²) in [6, 6.07) is 3.08. The molecule has 0 saturated carbocycles. The number of anilines is 2. The predicted octanol–water partition coefficient (Wildman–Crippen LogP) is 4.25. The lowest BCUT2D eigenvalue weighted by atomic mass is 9.95. The van der Waals surface area contributed by atoms with Crippen LogP contribution in [0.4, 0.5) is 29.2 Å². The van der Waals surface area contributed by atoms with Gasteiger partial charge in [-0.05, 0) is 38.0 Å². The number of halogens is 4. The molecule has 0 bridgehead atoms. The van der Waals surface area contributed by atoms with Crippen molar-refractivity contribution in [2.75, 3.05) is 36.4 Å². The number of alkyl halides is 3. The van der Waals surface area contributed by atoms with Crippen LogP contribution in [0.1, 0.15) is 37.1 Å². The number of benzene rings is 1. The van der Waals surface area contributed by atoms with E-state index in [1.807, 2.05) is 13.1 Å². The van der Waals surface area contributed by atoms with Crippen LogP contribution >= 0.6 is 0 Å². The van der Waals surface area contributed by atoms with Crippen LogP contribution in [-0.4, -0.2) is 51.9 Å². The minimum atomic E-state index is -4.77. The molecule has 2 fully saturated rings. The number of nitrogens with one attached hydrogen (secondary N) is 2. The van der Waals surface area contributed by atoms with Gasteiger partial charge in [0.05, 0.1) is 11.3 Å². The summed E-state index contributed by atoms with van der Waals surface area (Å²) >= 11 is 0. The van der Waals surface area contributed by atoms with Crippen LogP contribution in [0.15, 0.2) is 30.7 Å². The molecule has 5 heterocycles. The largest absolute Gasteiger partial charge is 0.463 e. The third kappa shape index (κ3) is 4.58. The molecule has 12 heteroatoms. The second-order valence-corrected chi connectivity index (χ2v) is 9.89. The number of fused-ring (bicyclic) bond motifs is 1. The third-order valence-electron chi connectivity index (χ3n) is 7.28. The molecule has 196 valence electrons. The van der Waals surface area contributed by atoms with Crippen molar-refractivity contribution in [3.05, 3.63) is 47.9 Å². The van der Waals surface area contributed by atoms with Gasteiger partial charge in [0.25, 0.3) is 0 Å². The topological polar surface area (TPSA) is 80.1 Å². The molecule has 6 rings (SSSR count). The highest BCUT2D eigenvalue weighted by Gasteiger charge is 2.35. The number of nitrogens with zero attached hydrogens (tertiary/aromatic N) is 5. The maximum Gasteiger partial charge on any atom is 0.419 e. The SMILES string of the molecule is CC1Nc2ncnc(N3CCC(c4nc(-c5ccc(F)c(C(F)(F)F)c5)cn4CC4CNC4)CC3)c2O1. The van der Waals surface area contributed by atoms with Crippen LogP contribution in [0.3, 0.4) is 0 Å². The summed E-state index contributed by atoms with van der Waals surface area (Å²) in [5, 5.41) is 6.43. The molecule has 0 radical (unpaired) electrons. The number of piperidine rings is 1. The van der Waals surface area contributed by atoms with Gasteiger partial charge in [-0.3, -0.25) is 0 Å². The highest BCUT2D eigenvalue weighted by molar-refractivity contribution is 5.67. The first-order chi connectivity index (χ1) is 17.8. The summed E-state index contributed by atoms with van der Waals surface area (Å²) in [5.41, 5.74) is -0.591. The molecule has 3 aromatic rings. The van der Waals surface area contributed by atoms with Gasteiger partial charge in [0.15, 0.2) is 17.9 Å². The number of hydrogen-bond donors (Lipinski definition) is 2. The Labute approximate surface area is 211 Å². The van der Waals surface area contributed by atoms with E-state index < -0.39 is 17.6 Å². The van der Waals surface area contributed by atoms with Gasteiger partial charge in [-0.15, -0.1) is 0 Å². The van der Waals surface area contributed by atoms with E-state index in [2.05, 4.69) is 30.1 Å². The fraction of sp³-hybridized carbons (Fsp3) is 0.480. The third-order valence-corrected chi connectivity index (χ3v) is 7.28. The van der Waals surface area contributed by atoms with Crippen LogP contribution in [0.5, 0.6) is 5.75 Å². The normalized spacial score (nSPS) is 20.4. The standard InChI is InChI=1S/C25H27F4N7O/c1-14-33-22-21(37-14)24(32-13-31-22)35-6-4-16(5-7-35)23-34-20(12-36(23)11-15-9-30-10-15)17-2-3-19(26)18(8-17)25(27,28)29/h2-3,8,12-16,30H,4-7,9-11H2,1H3,(H,31,32,33). The van der Waals surface area contributed by atoms with Gasteiger partial charge in [0.1, 0.15) is 18.0 Å². The Morgan fingerprint density at radius 1 is 1.14 bits per heavy atom. The van der Waals surface area contributed by atoms with Crippen LogP contribution in [0.2, 0.25) is 0 Å². The number of aromatic nitrogens is 4. The van der Waals surface area contributed by atoms with Crippen molar-refractivity contribution >= 4 is 11.6 Å². The van der Waals surface area contributed by atoms with Crippen molar-refractivity contribution < 1.29 is 22.3 Å². The summed E-state index contributed by atoms with van der Waals surface area (Å²) in [6.07, 6.45) is 0.00782. The first-order valence-corrected chi connectivity index (χ1v) is 12.4. The molecular formula is C25H27F4N7O. The average molecular weight is 518 g/mol. The Kier molecular flexibility index (Phi) is 5.93. The van der Waals surface area contributed by atoms with Gasteiger partial charge >= 0.3 is 6.18 Å². The number of imidazole rings is 1. The van der Waals surface area contributed by atoms with Crippen LogP contribution in [0, 0.1) is 11.7 Å². The number of rotatable bonds is 5. The van der Waals surface area contributed by atoms with E-state index in [1.54, 1.807) is 0 Å². The molecule has 3 aliphatic heterocycles. The summed E-state index contributed by atoms with van der Waals surface area (Å²) in [4.78, 5) is 15.7. The fourth-order valence-electron chi connectivity index (χ4n) is 5.25. The van der Waals surface area contributed by atoms with E-state index in [9.17, 15) is 17.6 Å². The van der Waals surface area contributed by atoms with E-state index in [-0.39, 0.29) is 17.7 Å². The molecular weight excluding hydrogens is 490 g/mol. The molecule has 0 aliphatic carbocycles. The summed E-state index contributed by atoms with van der Waals surface area (Å²) in [7, 11) is 0. The molecule has 3 aliphatic rings. The molecule has 0 spiro atoms. The van der Waals surface area contributed by atoms with Crippen molar-refractivity contribution in [2.24, 2.45) is 5.92 Å². The second kappa shape index (κ2) is 9.16. The van der Waals surface area contributed by atoms with Crippen molar-refractivity contribution in [3.63, 3.8) is 0 Å². The smallest absolute Gasteiger partial charge is 0.419 e. The van der Waals surface area contributed by atoms with Crippen molar-refractivity contribution in [1.29, 1.82) is 0 Å². The Morgan fingerprint density at radius 3 is 2.62 bits per heavy atom. The van der Waals surface area contributed by atoms with Gasteiger partial charge in [0.2, 0.25) is 5.75 Å². The molecule has 1 aromatic carbocycles. The van der Waals surface area contributed by atoms with Crippen molar-refractivity contribution in [3.8, 4) is 17.0 Å². The molecule has 2 saturated heterocycles. The Bertz CT molecular complexity index is 1300. The second-order valence-electron chi connectivity index (χ2n) is 9.89. The lowest BCUT2D eigenvalue weighted by molar-refractivity contribution is -0.139. The lowest BCUT2D eigenvalue weighted by Crippen LogP contribution is -2.44. The Hall–Kier alpha value is -3.41. The quantitative estimate of drug-likeness (QED) is 0.490.